The highest BCUT2D eigenvalue weighted by Gasteiger charge is 2.44. The van der Waals surface area contributed by atoms with Crippen LogP contribution >= 0.6 is 0 Å². The number of fused-ring (bicyclic) bond motifs is 1. The van der Waals surface area contributed by atoms with Gasteiger partial charge < -0.3 is 29.9 Å². The number of rotatable bonds is 6. The van der Waals surface area contributed by atoms with Crippen LogP contribution in [-0.2, 0) is 17.6 Å². The van der Waals surface area contributed by atoms with Crippen LogP contribution in [0.4, 0.5) is 0 Å². The molecule has 3 aromatic rings. The van der Waals surface area contributed by atoms with E-state index in [9.17, 15) is 20.4 Å². The lowest BCUT2D eigenvalue weighted by molar-refractivity contribution is -0.277. The minimum absolute atomic E-state index is 0.471. The van der Waals surface area contributed by atoms with Gasteiger partial charge in [0.25, 0.3) is 0 Å². The van der Waals surface area contributed by atoms with E-state index < -0.39 is 37.3 Å². The van der Waals surface area contributed by atoms with Gasteiger partial charge in [-0.15, -0.1) is 0 Å². The number of hydrogen-bond acceptors (Lipinski definition) is 6. The highest BCUT2D eigenvalue weighted by atomic mass is 16.7. The van der Waals surface area contributed by atoms with Crippen LogP contribution in [0.15, 0.2) is 66.7 Å². The Morgan fingerprint density at radius 3 is 2.37 bits per heavy atom. The molecule has 0 bridgehead atoms. The second-order valence-corrected chi connectivity index (χ2v) is 7.60. The molecule has 1 saturated heterocycles. The van der Waals surface area contributed by atoms with E-state index in [4.69, 9.17) is 9.47 Å². The quantitative estimate of drug-likeness (QED) is 0.495. The van der Waals surface area contributed by atoms with E-state index in [1.54, 1.807) is 6.07 Å². The van der Waals surface area contributed by atoms with Crippen LogP contribution in [-0.4, -0.2) is 57.7 Å². The zero-order valence-electron chi connectivity index (χ0n) is 16.5. The van der Waals surface area contributed by atoms with Crippen LogP contribution < -0.4 is 4.74 Å². The molecule has 0 aromatic heterocycles. The van der Waals surface area contributed by atoms with Crippen molar-refractivity contribution in [2.45, 2.75) is 43.5 Å². The van der Waals surface area contributed by atoms with Crippen LogP contribution in [0.5, 0.6) is 5.75 Å². The molecule has 1 fully saturated rings. The van der Waals surface area contributed by atoms with Crippen LogP contribution in [0.2, 0.25) is 0 Å². The molecule has 0 spiro atoms. The number of benzene rings is 3. The molecule has 0 amide bonds. The molecule has 0 unspecified atom stereocenters. The Hall–Kier alpha value is -2.48. The summed E-state index contributed by atoms with van der Waals surface area (Å²) in [7, 11) is 0. The SMILES string of the molecule is OC[C@H]1O[C@@H](Oc2ccc3cccc(CCc4ccccc4)c3c2)[C@H](O)[C@@H](O)[C@@H]1O. The zero-order valence-corrected chi connectivity index (χ0v) is 16.5. The molecular weight excluding hydrogens is 384 g/mol. The fraction of sp³-hybridized carbons (Fsp3) is 0.333. The van der Waals surface area contributed by atoms with Gasteiger partial charge in [0.1, 0.15) is 30.2 Å². The van der Waals surface area contributed by atoms with E-state index in [0.29, 0.717) is 5.75 Å². The van der Waals surface area contributed by atoms with E-state index in [1.165, 1.54) is 11.1 Å². The lowest BCUT2D eigenvalue weighted by Gasteiger charge is -2.39. The van der Waals surface area contributed by atoms with Crippen molar-refractivity contribution >= 4 is 10.8 Å². The Kier molecular flexibility index (Phi) is 6.32. The Morgan fingerprint density at radius 1 is 0.800 bits per heavy atom. The van der Waals surface area contributed by atoms with Gasteiger partial charge in [0, 0.05) is 0 Å². The van der Waals surface area contributed by atoms with Crippen LogP contribution in [0, 0.1) is 0 Å². The van der Waals surface area contributed by atoms with Gasteiger partial charge in [0.15, 0.2) is 0 Å². The van der Waals surface area contributed by atoms with Gasteiger partial charge >= 0.3 is 0 Å². The zero-order chi connectivity index (χ0) is 21.1. The molecule has 1 aliphatic rings. The van der Waals surface area contributed by atoms with E-state index >= 15 is 0 Å². The lowest BCUT2D eigenvalue weighted by atomic mass is 9.98. The summed E-state index contributed by atoms with van der Waals surface area (Å²) in [5.74, 6) is 0.471. The lowest BCUT2D eigenvalue weighted by Crippen LogP contribution is -2.60. The number of aliphatic hydroxyl groups is 4. The molecule has 0 aliphatic carbocycles. The van der Waals surface area contributed by atoms with Crippen molar-refractivity contribution in [3.63, 3.8) is 0 Å². The highest BCUT2D eigenvalue weighted by molar-refractivity contribution is 5.87. The van der Waals surface area contributed by atoms with Gasteiger partial charge in [-0.3, -0.25) is 0 Å². The van der Waals surface area contributed by atoms with Crippen molar-refractivity contribution in [3.8, 4) is 5.75 Å². The molecule has 6 nitrogen and oxygen atoms in total. The molecule has 1 heterocycles. The number of hydrogen-bond donors (Lipinski definition) is 4. The fourth-order valence-corrected chi connectivity index (χ4v) is 3.83. The van der Waals surface area contributed by atoms with Gasteiger partial charge in [0.2, 0.25) is 6.29 Å². The van der Waals surface area contributed by atoms with Crippen LogP contribution in [0.1, 0.15) is 11.1 Å². The second-order valence-electron chi connectivity index (χ2n) is 7.60. The molecular formula is C24H26O6. The van der Waals surface area contributed by atoms with Gasteiger partial charge in [-0.25, -0.2) is 0 Å². The first-order valence-corrected chi connectivity index (χ1v) is 10.1. The maximum Gasteiger partial charge on any atom is 0.229 e. The summed E-state index contributed by atoms with van der Waals surface area (Å²) in [6.07, 6.45) is -4.74. The smallest absolute Gasteiger partial charge is 0.229 e. The first-order chi connectivity index (χ1) is 14.6. The first kappa shape index (κ1) is 20.8. The maximum absolute atomic E-state index is 10.2. The van der Waals surface area contributed by atoms with Crippen molar-refractivity contribution < 1.29 is 29.9 Å². The normalized spacial score (nSPS) is 26.6. The average Bonchev–Trinajstić information content (AvgIpc) is 2.78. The predicted octanol–water partition coefficient (Wildman–Crippen LogP) is 1.80. The van der Waals surface area contributed by atoms with E-state index in [0.717, 1.165) is 23.6 Å². The standard InChI is InChI=1S/C24H26O6/c25-14-20-21(26)22(27)23(28)24(30-20)29-18-12-11-17-8-4-7-16(19(17)13-18)10-9-15-5-2-1-3-6-15/h1-8,11-13,20-28H,9-10,14H2/t20-,21-,22+,23-,24-/m1/s1. The Balaban J connectivity index is 1.55. The maximum atomic E-state index is 10.2. The van der Waals surface area contributed by atoms with Crippen LogP contribution in [0.3, 0.4) is 0 Å². The molecule has 30 heavy (non-hydrogen) atoms. The van der Waals surface area contributed by atoms with Crippen molar-refractivity contribution in [2.75, 3.05) is 6.61 Å². The minimum Gasteiger partial charge on any atom is -0.462 e. The number of ether oxygens (including phenoxy) is 2. The van der Waals surface area contributed by atoms with Crippen molar-refractivity contribution in [1.82, 2.24) is 0 Å². The summed E-state index contributed by atoms with van der Waals surface area (Å²) < 4.78 is 11.2. The van der Waals surface area contributed by atoms with Gasteiger partial charge in [-0.2, -0.15) is 0 Å². The third-order valence-corrected chi connectivity index (χ3v) is 5.57. The largest absolute Gasteiger partial charge is 0.462 e. The van der Waals surface area contributed by atoms with Gasteiger partial charge in [-0.1, -0.05) is 54.6 Å². The third-order valence-electron chi connectivity index (χ3n) is 5.57. The van der Waals surface area contributed by atoms with Crippen molar-refractivity contribution in [2.24, 2.45) is 0 Å². The van der Waals surface area contributed by atoms with E-state index in [-0.39, 0.29) is 0 Å². The Morgan fingerprint density at radius 2 is 1.60 bits per heavy atom. The van der Waals surface area contributed by atoms with E-state index in [1.807, 2.05) is 42.5 Å². The Bertz CT molecular complexity index is 974. The van der Waals surface area contributed by atoms with Crippen molar-refractivity contribution in [3.05, 3.63) is 77.9 Å². The number of aryl methyl sites for hydroxylation is 2. The van der Waals surface area contributed by atoms with Gasteiger partial charge in [-0.05, 0) is 46.9 Å². The summed E-state index contributed by atoms with van der Waals surface area (Å²) >= 11 is 0. The third kappa shape index (κ3) is 4.33. The number of aliphatic hydroxyl groups excluding tert-OH is 4. The van der Waals surface area contributed by atoms with Gasteiger partial charge in [0.05, 0.1) is 6.61 Å². The monoisotopic (exact) mass is 410 g/mol. The molecule has 158 valence electrons. The average molecular weight is 410 g/mol. The second kappa shape index (κ2) is 9.12. The summed E-state index contributed by atoms with van der Waals surface area (Å²) in [6, 6.07) is 22.0. The van der Waals surface area contributed by atoms with Crippen LogP contribution in [0.25, 0.3) is 10.8 Å². The molecule has 0 radical (unpaired) electrons. The molecule has 0 saturated carbocycles. The molecule has 6 heteroatoms. The summed E-state index contributed by atoms with van der Waals surface area (Å²) in [4.78, 5) is 0. The minimum atomic E-state index is -1.47. The highest BCUT2D eigenvalue weighted by Crippen LogP contribution is 2.29. The van der Waals surface area contributed by atoms with E-state index in [2.05, 4.69) is 18.2 Å². The molecule has 4 rings (SSSR count). The summed E-state index contributed by atoms with van der Waals surface area (Å²) in [5, 5.41) is 41.6. The summed E-state index contributed by atoms with van der Waals surface area (Å²) in [5.41, 5.74) is 2.44. The molecule has 4 N–H and O–H groups in total. The Labute approximate surface area is 174 Å². The topological polar surface area (TPSA) is 99.4 Å². The molecule has 1 aliphatic heterocycles. The molecule has 5 atom stereocenters. The summed E-state index contributed by atoms with van der Waals surface area (Å²) in [6.45, 7) is -0.494. The fourth-order valence-electron chi connectivity index (χ4n) is 3.83. The van der Waals surface area contributed by atoms with Crippen molar-refractivity contribution in [1.29, 1.82) is 0 Å². The predicted molar refractivity (Wildman–Crippen MR) is 112 cm³/mol. The molecule has 3 aromatic carbocycles. The first-order valence-electron chi connectivity index (χ1n) is 10.1.